The molecule has 0 spiro atoms. The normalized spacial score (nSPS) is 24.7. The Morgan fingerprint density at radius 1 is 1.14 bits per heavy atom. The second kappa shape index (κ2) is 12.0. The lowest BCUT2D eigenvalue weighted by molar-refractivity contribution is -0.137. The Bertz CT molecular complexity index is 702. The van der Waals surface area contributed by atoms with Crippen molar-refractivity contribution in [1.82, 2.24) is 0 Å². The molecule has 0 radical (unpaired) electrons. The second-order valence-corrected chi connectivity index (χ2v) is 8.63. The van der Waals surface area contributed by atoms with Gasteiger partial charge in [-0.25, -0.2) is 0 Å². The highest BCUT2D eigenvalue weighted by Gasteiger charge is 2.39. The van der Waals surface area contributed by atoms with Gasteiger partial charge in [0.05, 0.1) is 6.10 Å². The fourth-order valence-electron chi connectivity index (χ4n) is 4.65. The van der Waals surface area contributed by atoms with E-state index in [2.05, 4.69) is 18.8 Å². The molecule has 29 heavy (non-hydrogen) atoms. The minimum absolute atomic E-state index is 0.243. The SMILES string of the molecule is Cc1ccccc1C#CC(O)CC[C@@H]1[C@@H](CCCCCCC(=O)O)[C@@H](O)C[C@H]1C. The molecular formula is C25H36O4. The average molecular weight is 401 g/mol. The molecule has 4 nitrogen and oxygen atoms in total. The summed E-state index contributed by atoms with van der Waals surface area (Å²) in [7, 11) is 0. The third-order valence-corrected chi connectivity index (χ3v) is 6.36. The van der Waals surface area contributed by atoms with E-state index in [4.69, 9.17) is 5.11 Å². The molecule has 0 amide bonds. The van der Waals surface area contributed by atoms with Crippen molar-refractivity contribution in [2.75, 3.05) is 0 Å². The first-order valence-corrected chi connectivity index (χ1v) is 11.0. The van der Waals surface area contributed by atoms with Crippen LogP contribution in [0.15, 0.2) is 24.3 Å². The molecule has 2 rings (SSSR count). The average Bonchev–Trinajstić information content (AvgIpc) is 2.94. The fourth-order valence-corrected chi connectivity index (χ4v) is 4.65. The van der Waals surface area contributed by atoms with Crippen molar-refractivity contribution in [3.05, 3.63) is 35.4 Å². The van der Waals surface area contributed by atoms with E-state index in [1.165, 1.54) is 0 Å². The lowest BCUT2D eigenvalue weighted by Crippen LogP contribution is -2.21. The highest BCUT2D eigenvalue weighted by Crippen LogP contribution is 2.42. The van der Waals surface area contributed by atoms with Gasteiger partial charge in [0.25, 0.3) is 0 Å². The van der Waals surface area contributed by atoms with Gasteiger partial charge in [-0.1, -0.05) is 56.2 Å². The van der Waals surface area contributed by atoms with Gasteiger partial charge in [0.2, 0.25) is 0 Å². The Morgan fingerprint density at radius 3 is 2.59 bits per heavy atom. The number of aliphatic carboxylic acids is 1. The summed E-state index contributed by atoms with van der Waals surface area (Å²) >= 11 is 0. The lowest BCUT2D eigenvalue weighted by Gasteiger charge is -2.24. The minimum Gasteiger partial charge on any atom is -0.481 e. The third-order valence-electron chi connectivity index (χ3n) is 6.36. The molecule has 1 aliphatic rings. The van der Waals surface area contributed by atoms with Crippen molar-refractivity contribution in [2.24, 2.45) is 17.8 Å². The maximum Gasteiger partial charge on any atom is 0.303 e. The van der Waals surface area contributed by atoms with Gasteiger partial charge in [-0.2, -0.15) is 0 Å². The summed E-state index contributed by atoms with van der Waals surface area (Å²) in [5.74, 6) is 6.49. The van der Waals surface area contributed by atoms with Gasteiger partial charge >= 0.3 is 5.97 Å². The topological polar surface area (TPSA) is 77.8 Å². The largest absolute Gasteiger partial charge is 0.481 e. The van der Waals surface area contributed by atoms with Crippen molar-refractivity contribution in [3.8, 4) is 11.8 Å². The second-order valence-electron chi connectivity index (χ2n) is 8.63. The van der Waals surface area contributed by atoms with Crippen LogP contribution in [0.4, 0.5) is 0 Å². The zero-order chi connectivity index (χ0) is 21.2. The quantitative estimate of drug-likeness (QED) is 0.398. The van der Waals surface area contributed by atoms with Crippen LogP contribution >= 0.6 is 0 Å². The molecule has 1 aromatic rings. The smallest absolute Gasteiger partial charge is 0.303 e. The monoisotopic (exact) mass is 400 g/mol. The minimum atomic E-state index is -0.728. The lowest BCUT2D eigenvalue weighted by atomic mass is 9.82. The van der Waals surface area contributed by atoms with Crippen molar-refractivity contribution in [2.45, 2.75) is 83.8 Å². The first kappa shape index (κ1) is 23.4. The number of rotatable bonds is 10. The summed E-state index contributed by atoms with van der Waals surface area (Å²) in [6.07, 6.45) is 6.38. The summed E-state index contributed by atoms with van der Waals surface area (Å²) in [5.41, 5.74) is 2.07. The molecule has 1 saturated carbocycles. The number of aryl methyl sites for hydroxylation is 1. The molecule has 0 saturated heterocycles. The summed E-state index contributed by atoms with van der Waals surface area (Å²) in [4.78, 5) is 10.6. The molecule has 3 N–H and O–H groups in total. The zero-order valence-corrected chi connectivity index (χ0v) is 17.8. The predicted octanol–water partition coefficient (Wildman–Crippen LogP) is 4.55. The standard InChI is InChI=1S/C25H36O4/c1-18-9-7-8-10-20(18)13-14-21(26)15-16-22-19(2)17-24(27)23(22)11-5-3-4-6-12-25(28)29/h7-10,19,21-24,26-27H,3-6,11-12,15-17H2,1-2H3,(H,28,29)/t19-,21?,22+,23-,24+/m1/s1. The van der Waals surface area contributed by atoms with Crippen LogP contribution in [0.3, 0.4) is 0 Å². The van der Waals surface area contributed by atoms with E-state index in [9.17, 15) is 15.0 Å². The number of hydrogen-bond acceptors (Lipinski definition) is 3. The van der Waals surface area contributed by atoms with Gasteiger partial charge in [0, 0.05) is 12.0 Å². The van der Waals surface area contributed by atoms with Crippen molar-refractivity contribution in [3.63, 3.8) is 0 Å². The van der Waals surface area contributed by atoms with Gasteiger partial charge in [-0.15, -0.1) is 0 Å². The molecule has 1 unspecified atom stereocenters. The molecule has 160 valence electrons. The Kier molecular flexibility index (Phi) is 9.70. The van der Waals surface area contributed by atoms with Crippen LogP contribution in [0.1, 0.15) is 75.8 Å². The van der Waals surface area contributed by atoms with E-state index in [-0.39, 0.29) is 18.4 Å². The van der Waals surface area contributed by atoms with Crippen LogP contribution < -0.4 is 0 Å². The Hall–Kier alpha value is -1.83. The van der Waals surface area contributed by atoms with Gasteiger partial charge in [-0.3, -0.25) is 4.79 Å². The Balaban J connectivity index is 1.79. The number of aliphatic hydroxyl groups excluding tert-OH is 2. The van der Waals surface area contributed by atoms with E-state index in [0.29, 0.717) is 18.3 Å². The molecule has 0 heterocycles. The van der Waals surface area contributed by atoms with E-state index in [1.807, 2.05) is 31.2 Å². The number of hydrogen-bond donors (Lipinski definition) is 3. The van der Waals surface area contributed by atoms with Crippen LogP contribution in [0.25, 0.3) is 0 Å². The summed E-state index contributed by atoms with van der Waals surface area (Å²) in [6.45, 7) is 4.22. The van der Waals surface area contributed by atoms with Gasteiger partial charge in [0.15, 0.2) is 0 Å². The van der Waals surface area contributed by atoms with Gasteiger partial charge in [-0.05, 0) is 68.4 Å². The van der Waals surface area contributed by atoms with Crippen LogP contribution in [-0.2, 0) is 4.79 Å². The number of benzene rings is 1. The highest BCUT2D eigenvalue weighted by molar-refractivity contribution is 5.66. The number of carboxylic acid groups (broad SMARTS) is 1. The van der Waals surface area contributed by atoms with Crippen LogP contribution in [-0.4, -0.2) is 33.5 Å². The van der Waals surface area contributed by atoms with E-state index < -0.39 is 12.1 Å². The third kappa shape index (κ3) is 7.84. The molecule has 0 aliphatic heterocycles. The summed E-state index contributed by atoms with van der Waals surface area (Å²) < 4.78 is 0. The van der Waals surface area contributed by atoms with Crippen LogP contribution in [0.2, 0.25) is 0 Å². The zero-order valence-electron chi connectivity index (χ0n) is 17.8. The molecule has 1 fully saturated rings. The Labute approximate surface area is 175 Å². The molecule has 5 atom stereocenters. The molecule has 1 aromatic carbocycles. The van der Waals surface area contributed by atoms with Crippen molar-refractivity contribution < 1.29 is 20.1 Å². The Morgan fingerprint density at radius 2 is 1.86 bits per heavy atom. The molecule has 0 aromatic heterocycles. The van der Waals surface area contributed by atoms with Crippen LogP contribution in [0.5, 0.6) is 0 Å². The number of unbranched alkanes of at least 4 members (excludes halogenated alkanes) is 3. The first-order valence-electron chi connectivity index (χ1n) is 11.0. The maximum atomic E-state index is 10.6. The summed E-state index contributed by atoms with van der Waals surface area (Å²) in [5, 5.41) is 29.5. The van der Waals surface area contributed by atoms with Crippen molar-refractivity contribution >= 4 is 5.97 Å². The highest BCUT2D eigenvalue weighted by atomic mass is 16.4. The predicted molar refractivity (Wildman–Crippen MR) is 115 cm³/mol. The van der Waals surface area contributed by atoms with Gasteiger partial charge in [0.1, 0.15) is 6.10 Å². The first-order chi connectivity index (χ1) is 13.9. The summed E-state index contributed by atoms with van der Waals surface area (Å²) in [6, 6.07) is 7.93. The van der Waals surface area contributed by atoms with Crippen LogP contribution in [0, 0.1) is 36.5 Å². The number of aliphatic hydroxyl groups is 2. The maximum absolute atomic E-state index is 10.6. The molecular weight excluding hydrogens is 364 g/mol. The number of carboxylic acids is 1. The molecule has 1 aliphatic carbocycles. The number of carbonyl (C=O) groups is 1. The fraction of sp³-hybridized carbons (Fsp3) is 0.640. The van der Waals surface area contributed by atoms with E-state index in [1.54, 1.807) is 0 Å². The van der Waals surface area contributed by atoms with Gasteiger partial charge < -0.3 is 15.3 Å². The molecule has 0 bridgehead atoms. The van der Waals surface area contributed by atoms with E-state index >= 15 is 0 Å². The van der Waals surface area contributed by atoms with Crippen molar-refractivity contribution in [1.29, 1.82) is 0 Å². The van der Waals surface area contributed by atoms with E-state index in [0.717, 1.165) is 56.1 Å². The molecule has 4 heteroatoms.